The van der Waals surface area contributed by atoms with Crippen LogP contribution in [0.5, 0.6) is 0 Å². The zero-order valence-electron chi connectivity index (χ0n) is 10.2. The second-order valence-corrected chi connectivity index (χ2v) is 3.94. The number of hydrogen-bond donors (Lipinski definition) is 1. The first-order chi connectivity index (χ1) is 8.77. The van der Waals surface area contributed by atoms with Crippen molar-refractivity contribution in [2.45, 2.75) is 13.3 Å². The summed E-state index contributed by atoms with van der Waals surface area (Å²) < 4.78 is 0. The van der Waals surface area contributed by atoms with Gasteiger partial charge in [0.05, 0.1) is 0 Å². The van der Waals surface area contributed by atoms with Gasteiger partial charge in [-0.2, -0.15) is 0 Å². The molecule has 1 aromatic carbocycles. The summed E-state index contributed by atoms with van der Waals surface area (Å²) in [6, 6.07) is 7.98. The Hall–Kier alpha value is -2.34. The van der Waals surface area contributed by atoms with E-state index in [9.17, 15) is 4.79 Å². The number of hydrogen-bond acceptors (Lipinski definition) is 2. The number of aromatic nitrogens is 1. The van der Waals surface area contributed by atoms with Crippen LogP contribution >= 0.6 is 0 Å². The number of fused-ring (bicyclic) bond motifs is 1. The second kappa shape index (κ2) is 5.83. The molecule has 0 bridgehead atoms. The SMILES string of the molecule is CC(=O)NCCC#Cc1cccc2ccncc12. The number of pyridine rings is 1. The van der Waals surface area contributed by atoms with Crippen LogP contribution in [0.25, 0.3) is 10.8 Å². The molecule has 0 aliphatic rings. The minimum atomic E-state index is -0.0221. The van der Waals surface area contributed by atoms with Crippen molar-refractivity contribution in [2.75, 3.05) is 6.54 Å². The van der Waals surface area contributed by atoms with Gasteiger partial charge in [0, 0.05) is 43.2 Å². The number of nitrogens with one attached hydrogen (secondary N) is 1. The van der Waals surface area contributed by atoms with Gasteiger partial charge in [0.1, 0.15) is 0 Å². The Morgan fingerprint density at radius 1 is 1.39 bits per heavy atom. The fraction of sp³-hybridized carbons (Fsp3) is 0.200. The Morgan fingerprint density at radius 2 is 2.28 bits per heavy atom. The Labute approximate surface area is 106 Å². The highest BCUT2D eigenvalue weighted by Crippen LogP contribution is 2.15. The van der Waals surface area contributed by atoms with Crippen LogP contribution in [0.3, 0.4) is 0 Å². The summed E-state index contributed by atoms with van der Waals surface area (Å²) in [4.78, 5) is 14.8. The highest BCUT2D eigenvalue weighted by molar-refractivity contribution is 5.87. The van der Waals surface area contributed by atoms with Crippen molar-refractivity contribution in [3.8, 4) is 11.8 Å². The summed E-state index contributed by atoms with van der Waals surface area (Å²) in [5, 5.41) is 4.91. The van der Waals surface area contributed by atoms with E-state index >= 15 is 0 Å². The molecule has 1 heterocycles. The van der Waals surface area contributed by atoms with Gasteiger partial charge in [0.2, 0.25) is 5.91 Å². The molecule has 0 aliphatic carbocycles. The lowest BCUT2D eigenvalue weighted by molar-refractivity contribution is -0.118. The lowest BCUT2D eigenvalue weighted by atomic mass is 10.1. The number of nitrogens with zero attached hydrogens (tertiary/aromatic N) is 1. The van der Waals surface area contributed by atoms with Gasteiger partial charge in [-0.15, -0.1) is 0 Å². The first-order valence-corrected chi connectivity index (χ1v) is 5.83. The van der Waals surface area contributed by atoms with Crippen molar-refractivity contribution >= 4 is 16.7 Å². The minimum Gasteiger partial charge on any atom is -0.355 e. The van der Waals surface area contributed by atoms with Crippen molar-refractivity contribution in [1.82, 2.24) is 10.3 Å². The predicted molar refractivity (Wildman–Crippen MR) is 71.9 cm³/mol. The van der Waals surface area contributed by atoms with Gasteiger partial charge in [0.25, 0.3) is 0 Å². The quantitative estimate of drug-likeness (QED) is 0.643. The minimum absolute atomic E-state index is 0.0221. The molecular formula is C15H14N2O. The summed E-state index contributed by atoms with van der Waals surface area (Å²) in [5.74, 6) is 6.15. The fourth-order valence-corrected chi connectivity index (χ4v) is 1.68. The maximum absolute atomic E-state index is 10.7. The van der Waals surface area contributed by atoms with E-state index in [0.717, 1.165) is 16.3 Å². The molecule has 0 aliphatic heterocycles. The van der Waals surface area contributed by atoms with Gasteiger partial charge in [-0.3, -0.25) is 9.78 Å². The zero-order chi connectivity index (χ0) is 12.8. The van der Waals surface area contributed by atoms with Crippen LogP contribution in [-0.4, -0.2) is 17.4 Å². The number of carbonyl (C=O) groups is 1. The molecule has 2 aromatic rings. The van der Waals surface area contributed by atoms with Gasteiger partial charge in [0.15, 0.2) is 0 Å². The Kier molecular flexibility index (Phi) is 3.93. The molecule has 1 amide bonds. The highest BCUT2D eigenvalue weighted by atomic mass is 16.1. The van der Waals surface area contributed by atoms with Crippen molar-refractivity contribution in [1.29, 1.82) is 0 Å². The molecule has 2 rings (SSSR count). The molecule has 0 fully saturated rings. The molecule has 0 atom stereocenters. The maximum atomic E-state index is 10.7. The number of amides is 1. The van der Waals surface area contributed by atoms with Crippen molar-refractivity contribution in [2.24, 2.45) is 0 Å². The number of benzene rings is 1. The lowest BCUT2D eigenvalue weighted by Crippen LogP contribution is -2.20. The summed E-state index contributed by atoms with van der Waals surface area (Å²) in [6.45, 7) is 2.09. The first kappa shape index (κ1) is 12.1. The number of carbonyl (C=O) groups excluding carboxylic acids is 1. The van der Waals surface area contributed by atoms with Crippen LogP contribution in [0, 0.1) is 11.8 Å². The highest BCUT2D eigenvalue weighted by Gasteiger charge is 1.96. The third kappa shape index (κ3) is 3.08. The normalized spacial score (nSPS) is 9.61. The third-order valence-corrected chi connectivity index (χ3v) is 2.53. The van der Waals surface area contributed by atoms with Crippen molar-refractivity contribution in [3.05, 3.63) is 42.2 Å². The standard InChI is InChI=1S/C15H14N2O/c1-12(18)17-9-3-2-5-13-6-4-7-14-8-10-16-11-15(13)14/h4,6-8,10-11H,3,9H2,1H3,(H,17,18). The van der Waals surface area contributed by atoms with Crippen LogP contribution in [0.4, 0.5) is 0 Å². The monoisotopic (exact) mass is 238 g/mol. The van der Waals surface area contributed by atoms with Crippen LogP contribution in [-0.2, 0) is 4.79 Å². The summed E-state index contributed by atoms with van der Waals surface area (Å²) in [6.07, 6.45) is 4.25. The van der Waals surface area contributed by atoms with E-state index in [2.05, 4.69) is 22.1 Å². The molecule has 0 saturated heterocycles. The van der Waals surface area contributed by atoms with E-state index in [1.807, 2.05) is 30.5 Å². The van der Waals surface area contributed by atoms with Crippen LogP contribution < -0.4 is 5.32 Å². The molecule has 1 N–H and O–H groups in total. The second-order valence-electron chi connectivity index (χ2n) is 3.94. The Bertz CT molecular complexity index is 618. The smallest absolute Gasteiger partial charge is 0.216 e. The van der Waals surface area contributed by atoms with E-state index in [1.165, 1.54) is 6.92 Å². The molecule has 0 saturated carbocycles. The summed E-state index contributed by atoms with van der Waals surface area (Å²) in [7, 11) is 0. The van der Waals surface area contributed by atoms with E-state index in [0.29, 0.717) is 13.0 Å². The van der Waals surface area contributed by atoms with Crippen molar-refractivity contribution < 1.29 is 4.79 Å². The maximum Gasteiger partial charge on any atom is 0.216 e. The van der Waals surface area contributed by atoms with E-state index < -0.39 is 0 Å². The molecule has 0 radical (unpaired) electrons. The van der Waals surface area contributed by atoms with Crippen LogP contribution in [0.15, 0.2) is 36.7 Å². The lowest BCUT2D eigenvalue weighted by Gasteiger charge is -1.99. The topological polar surface area (TPSA) is 42.0 Å². The molecule has 90 valence electrons. The summed E-state index contributed by atoms with van der Waals surface area (Å²) in [5.41, 5.74) is 0.975. The average Bonchev–Trinajstić information content (AvgIpc) is 2.38. The Morgan fingerprint density at radius 3 is 3.11 bits per heavy atom. The average molecular weight is 238 g/mol. The Balaban J connectivity index is 2.12. The van der Waals surface area contributed by atoms with E-state index in [-0.39, 0.29) is 5.91 Å². The fourth-order valence-electron chi connectivity index (χ4n) is 1.68. The zero-order valence-corrected chi connectivity index (χ0v) is 10.2. The predicted octanol–water partition coefficient (Wildman–Crippen LogP) is 2.11. The van der Waals surface area contributed by atoms with Gasteiger partial charge in [-0.25, -0.2) is 0 Å². The third-order valence-electron chi connectivity index (χ3n) is 2.53. The largest absolute Gasteiger partial charge is 0.355 e. The van der Waals surface area contributed by atoms with Crippen molar-refractivity contribution in [3.63, 3.8) is 0 Å². The molecule has 0 unspecified atom stereocenters. The van der Waals surface area contributed by atoms with Crippen LogP contribution in [0.1, 0.15) is 18.9 Å². The molecule has 3 nitrogen and oxygen atoms in total. The van der Waals surface area contributed by atoms with Gasteiger partial charge < -0.3 is 5.32 Å². The van der Waals surface area contributed by atoms with E-state index in [1.54, 1.807) is 6.20 Å². The summed E-state index contributed by atoms with van der Waals surface area (Å²) >= 11 is 0. The van der Waals surface area contributed by atoms with Gasteiger partial charge in [-0.1, -0.05) is 24.0 Å². The molecule has 0 spiro atoms. The van der Waals surface area contributed by atoms with Crippen LogP contribution in [0.2, 0.25) is 0 Å². The van der Waals surface area contributed by atoms with Gasteiger partial charge in [-0.05, 0) is 17.5 Å². The molecule has 1 aromatic heterocycles. The molecule has 3 heteroatoms. The number of rotatable bonds is 2. The van der Waals surface area contributed by atoms with E-state index in [4.69, 9.17) is 0 Å². The molecule has 18 heavy (non-hydrogen) atoms. The van der Waals surface area contributed by atoms with Gasteiger partial charge >= 0.3 is 0 Å². The molecular weight excluding hydrogens is 224 g/mol. The first-order valence-electron chi connectivity index (χ1n) is 5.83.